The first-order valence-corrected chi connectivity index (χ1v) is 5.59. The number of nitrogens with one attached hydrogen (secondary N) is 1. The van der Waals surface area contributed by atoms with Crippen LogP contribution in [0.25, 0.3) is 0 Å². The van der Waals surface area contributed by atoms with E-state index in [2.05, 4.69) is 5.43 Å². The zero-order chi connectivity index (χ0) is 12.6. The number of alkyl halides is 3. The molecule has 0 aromatic carbocycles. The van der Waals surface area contributed by atoms with Gasteiger partial charge in [0.25, 0.3) is 0 Å². The molecule has 0 amide bonds. The Labute approximate surface area is 94.5 Å². The van der Waals surface area contributed by atoms with Gasteiger partial charge >= 0.3 is 6.18 Å². The summed E-state index contributed by atoms with van der Waals surface area (Å²) in [6, 6.07) is -0.215. The molecular weight excluding hydrogens is 221 g/mol. The normalized spacial score (nSPS) is 16.1. The van der Waals surface area contributed by atoms with E-state index < -0.39 is 12.6 Å². The zero-order valence-electron chi connectivity index (χ0n) is 9.81. The molecule has 0 spiro atoms. The SMILES string of the molecule is CCOC(CC)C(CCCC(F)(F)F)NN. The number of halogens is 3. The molecule has 2 unspecified atom stereocenters. The molecule has 0 aliphatic heterocycles. The van der Waals surface area contributed by atoms with E-state index in [1.165, 1.54) is 0 Å². The summed E-state index contributed by atoms with van der Waals surface area (Å²) in [5.74, 6) is 5.32. The maximum atomic E-state index is 12.0. The molecule has 0 fully saturated rings. The molecule has 0 saturated carbocycles. The summed E-state index contributed by atoms with van der Waals surface area (Å²) >= 11 is 0. The quantitative estimate of drug-likeness (QED) is 0.507. The Hall–Kier alpha value is -0.330. The van der Waals surface area contributed by atoms with Crippen LogP contribution in [-0.2, 0) is 4.74 Å². The maximum absolute atomic E-state index is 12.0. The molecule has 0 aromatic heterocycles. The molecule has 3 N–H and O–H groups in total. The topological polar surface area (TPSA) is 47.3 Å². The van der Waals surface area contributed by atoms with Crippen molar-refractivity contribution < 1.29 is 17.9 Å². The van der Waals surface area contributed by atoms with Crippen LogP contribution in [0.4, 0.5) is 13.2 Å². The van der Waals surface area contributed by atoms with Crippen molar-refractivity contribution in [3.8, 4) is 0 Å². The number of hydrogen-bond acceptors (Lipinski definition) is 3. The Morgan fingerprint density at radius 1 is 1.31 bits per heavy atom. The van der Waals surface area contributed by atoms with Gasteiger partial charge in [0.1, 0.15) is 0 Å². The Morgan fingerprint density at radius 3 is 2.31 bits per heavy atom. The zero-order valence-corrected chi connectivity index (χ0v) is 9.81. The Morgan fingerprint density at radius 2 is 1.94 bits per heavy atom. The minimum absolute atomic E-state index is 0.0714. The number of nitrogens with two attached hydrogens (primary N) is 1. The molecule has 0 bridgehead atoms. The molecule has 6 heteroatoms. The van der Waals surface area contributed by atoms with Gasteiger partial charge in [0.05, 0.1) is 6.10 Å². The van der Waals surface area contributed by atoms with E-state index in [4.69, 9.17) is 10.6 Å². The highest BCUT2D eigenvalue weighted by molar-refractivity contribution is 4.74. The van der Waals surface area contributed by atoms with Crippen LogP contribution in [0.1, 0.15) is 39.5 Å². The first-order valence-electron chi connectivity index (χ1n) is 5.59. The van der Waals surface area contributed by atoms with E-state index >= 15 is 0 Å². The average molecular weight is 242 g/mol. The molecule has 0 aromatic rings. The first-order chi connectivity index (χ1) is 7.44. The standard InChI is InChI=1S/C10H21F3N2O/c1-3-9(16-4-2)8(15-14)6-5-7-10(11,12)13/h8-9,15H,3-7,14H2,1-2H3. The van der Waals surface area contributed by atoms with Gasteiger partial charge in [0, 0.05) is 19.1 Å². The molecule has 0 aliphatic carbocycles. The molecule has 0 aliphatic rings. The monoisotopic (exact) mass is 242 g/mol. The minimum Gasteiger partial charge on any atom is -0.377 e. The molecule has 98 valence electrons. The van der Waals surface area contributed by atoms with Crippen LogP contribution in [0.5, 0.6) is 0 Å². The lowest BCUT2D eigenvalue weighted by Crippen LogP contribution is -2.45. The summed E-state index contributed by atoms with van der Waals surface area (Å²) < 4.78 is 41.3. The summed E-state index contributed by atoms with van der Waals surface area (Å²) in [4.78, 5) is 0. The van der Waals surface area contributed by atoms with Crippen LogP contribution >= 0.6 is 0 Å². The van der Waals surface area contributed by atoms with Crippen LogP contribution in [0, 0.1) is 0 Å². The Kier molecular flexibility index (Phi) is 7.70. The highest BCUT2D eigenvalue weighted by Gasteiger charge is 2.27. The van der Waals surface area contributed by atoms with Crippen molar-refractivity contribution in [1.29, 1.82) is 0 Å². The molecular formula is C10H21F3N2O. The fraction of sp³-hybridized carbons (Fsp3) is 1.00. The van der Waals surface area contributed by atoms with Crippen LogP contribution < -0.4 is 11.3 Å². The Balaban J connectivity index is 3.98. The number of ether oxygens (including phenoxy) is 1. The summed E-state index contributed by atoms with van der Waals surface area (Å²) in [6.45, 7) is 4.32. The van der Waals surface area contributed by atoms with Crippen LogP contribution in [0.15, 0.2) is 0 Å². The van der Waals surface area contributed by atoms with Gasteiger partial charge in [-0.3, -0.25) is 11.3 Å². The summed E-state index contributed by atoms with van der Waals surface area (Å²) in [5.41, 5.74) is 2.53. The summed E-state index contributed by atoms with van der Waals surface area (Å²) in [5, 5.41) is 0. The smallest absolute Gasteiger partial charge is 0.377 e. The van der Waals surface area contributed by atoms with Crippen molar-refractivity contribution in [2.45, 2.75) is 57.9 Å². The van der Waals surface area contributed by atoms with Crippen molar-refractivity contribution in [1.82, 2.24) is 5.43 Å². The second-order valence-corrected chi connectivity index (χ2v) is 3.68. The molecule has 0 saturated heterocycles. The van der Waals surface area contributed by atoms with Gasteiger partial charge in [0.2, 0.25) is 0 Å². The van der Waals surface area contributed by atoms with Crippen molar-refractivity contribution in [2.24, 2.45) is 5.84 Å². The molecule has 2 atom stereocenters. The fourth-order valence-corrected chi connectivity index (χ4v) is 1.63. The lowest BCUT2D eigenvalue weighted by atomic mass is 10.0. The number of hydrogen-bond donors (Lipinski definition) is 2. The van der Waals surface area contributed by atoms with Gasteiger partial charge in [-0.2, -0.15) is 13.2 Å². The predicted octanol–water partition coefficient (Wildman–Crippen LogP) is 2.37. The Bertz CT molecular complexity index is 176. The number of rotatable bonds is 8. The van der Waals surface area contributed by atoms with E-state index in [-0.39, 0.29) is 18.6 Å². The van der Waals surface area contributed by atoms with E-state index in [0.29, 0.717) is 13.0 Å². The number of hydrazine groups is 1. The van der Waals surface area contributed by atoms with Gasteiger partial charge in [-0.25, -0.2) is 0 Å². The van der Waals surface area contributed by atoms with E-state index in [9.17, 15) is 13.2 Å². The van der Waals surface area contributed by atoms with Crippen molar-refractivity contribution in [3.05, 3.63) is 0 Å². The lowest BCUT2D eigenvalue weighted by Gasteiger charge is -2.25. The van der Waals surface area contributed by atoms with Crippen molar-refractivity contribution in [3.63, 3.8) is 0 Å². The van der Waals surface area contributed by atoms with E-state index in [1.54, 1.807) is 0 Å². The molecule has 0 heterocycles. The van der Waals surface area contributed by atoms with Crippen molar-refractivity contribution >= 4 is 0 Å². The molecule has 0 radical (unpaired) electrons. The lowest BCUT2D eigenvalue weighted by molar-refractivity contribution is -0.136. The third-order valence-electron chi connectivity index (χ3n) is 2.42. The predicted molar refractivity (Wildman–Crippen MR) is 56.7 cm³/mol. The van der Waals surface area contributed by atoms with Crippen LogP contribution in [-0.4, -0.2) is 24.9 Å². The van der Waals surface area contributed by atoms with Gasteiger partial charge in [-0.15, -0.1) is 0 Å². The fourth-order valence-electron chi connectivity index (χ4n) is 1.63. The molecule has 3 nitrogen and oxygen atoms in total. The molecule has 16 heavy (non-hydrogen) atoms. The minimum atomic E-state index is -4.09. The van der Waals surface area contributed by atoms with Gasteiger partial charge < -0.3 is 4.74 Å². The van der Waals surface area contributed by atoms with E-state index in [0.717, 1.165) is 6.42 Å². The van der Waals surface area contributed by atoms with Crippen molar-refractivity contribution in [2.75, 3.05) is 6.61 Å². The third-order valence-corrected chi connectivity index (χ3v) is 2.42. The third kappa shape index (κ3) is 7.03. The van der Waals surface area contributed by atoms with Gasteiger partial charge in [-0.05, 0) is 26.2 Å². The van der Waals surface area contributed by atoms with Gasteiger partial charge in [0.15, 0.2) is 0 Å². The average Bonchev–Trinajstić information content (AvgIpc) is 2.20. The summed E-state index contributed by atoms with van der Waals surface area (Å²) in [6.07, 6.45) is -3.81. The summed E-state index contributed by atoms with van der Waals surface area (Å²) in [7, 11) is 0. The molecule has 0 rings (SSSR count). The van der Waals surface area contributed by atoms with Crippen LogP contribution in [0.2, 0.25) is 0 Å². The highest BCUT2D eigenvalue weighted by atomic mass is 19.4. The largest absolute Gasteiger partial charge is 0.389 e. The second-order valence-electron chi connectivity index (χ2n) is 3.68. The first kappa shape index (κ1) is 15.7. The highest BCUT2D eigenvalue weighted by Crippen LogP contribution is 2.23. The second kappa shape index (κ2) is 7.86. The van der Waals surface area contributed by atoms with Gasteiger partial charge in [-0.1, -0.05) is 6.92 Å². The van der Waals surface area contributed by atoms with Crippen LogP contribution in [0.3, 0.4) is 0 Å². The maximum Gasteiger partial charge on any atom is 0.389 e. The van der Waals surface area contributed by atoms with E-state index in [1.807, 2.05) is 13.8 Å².